The van der Waals surface area contributed by atoms with Crippen molar-refractivity contribution in [2.24, 2.45) is 0 Å². The Balaban J connectivity index is 1.40. The number of nitrogens with zero attached hydrogens (tertiary/aromatic N) is 1. The Morgan fingerprint density at radius 1 is 0.893 bits per heavy atom. The van der Waals surface area contributed by atoms with Crippen LogP contribution in [0.5, 0.6) is 0 Å². The van der Waals surface area contributed by atoms with E-state index in [0.717, 1.165) is 36.2 Å². The fraction of sp³-hybridized carbons (Fsp3) is 0.208. The van der Waals surface area contributed by atoms with Crippen LogP contribution in [0.25, 0.3) is 11.1 Å². The molecule has 1 heterocycles. The molecule has 1 unspecified atom stereocenters. The molecule has 0 spiro atoms. The first-order chi connectivity index (χ1) is 13.7. The van der Waals surface area contributed by atoms with Gasteiger partial charge in [0.05, 0.1) is 12.1 Å². The number of para-hydroxylation sites is 1. The average molecular weight is 375 g/mol. The molecule has 0 saturated carbocycles. The van der Waals surface area contributed by atoms with Gasteiger partial charge in [-0.15, -0.1) is 0 Å². The number of carbonyl (C=O) groups excluding carboxylic acids is 1. The highest BCUT2D eigenvalue weighted by Crippen LogP contribution is 2.23. The van der Waals surface area contributed by atoms with Crippen molar-refractivity contribution < 1.29 is 13.9 Å². The number of piperidine rings is 1. The summed E-state index contributed by atoms with van der Waals surface area (Å²) in [5.74, 6) is -0.563. The van der Waals surface area contributed by atoms with Gasteiger partial charge in [0.2, 0.25) is 0 Å². The zero-order chi connectivity index (χ0) is 19.3. The first-order valence-corrected chi connectivity index (χ1v) is 9.56. The summed E-state index contributed by atoms with van der Waals surface area (Å²) in [6, 6.07) is 23.8. The Labute approximate surface area is 164 Å². The summed E-state index contributed by atoms with van der Waals surface area (Å²) >= 11 is 0. The van der Waals surface area contributed by atoms with Crippen molar-refractivity contribution in [2.45, 2.75) is 18.9 Å². The molecule has 0 amide bonds. The maximum Gasteiger partial charge on any atom is 0.338 e. The third kappa shape index (κ3) is 4.22. The third-order valence-electron chi connectivity index (χ3n) is 5.07. The lowest BCUT2D eigenvalue weighted by molar-refractivity contribution is 0.0270. The number of ether oxygens (including phenoxy) is 1. The summed E-state index contributed by atoms with van der Waals surface area (Å²) in [7, 11) is 0. The van der Waals surface area contributed by atoms with Gasteiger partial charge in [-0.05, 0) is 60.4 Å². The van der Waals surface area contributed by atoms with Gasteiger partial charge in [-0.3, -0.25) is 0 Å². The normalized spacial score (nSPS) is 16.6. The Kier molecular flexibility index (Phi) is 5.38. The number of anilines is 1. The van der Waals surface area contributed by atoms with Crippen molar-refractivity contribution in [3.63, 3.8) is 0 Å². The summed E-state index contributed by atoms with van der Waals surface area (Å²) < 4.78 is 18.8. The van der Waals surface area contributed by atoms with Gasteiger partial charge in [-0.25, -0.2) is 9.18 Å². The van der Waals surface area contributed by atoms with Gasteiger partial charge in [0.25, 0.3) is 0 Å². The van der Waals surface area contributed by atoms with Crippen LogP contribution in [0.15, 0.2) is 78.9 Å². The van der Waals surface area contributed by atoms with Crippen LogP contribution in [-0.4, -0.2) is 25.2 Å². The molecule has 0 bridgehead atoms. The van der Waals surface area contributed by atoms with Crippen molar-refractivity contribution in [3.05, 3.63) is 90.2 Å². The SMILES string of the molecule is O=C(OC1CCCN(c2ccccc2)C1)c1ccc(-c2ccc(F)cc2)cc1. The van der Waals surface area contributed by atoms with Crippen LogP contribution in [-0.2, 0) is 4.74 Å². The van der Waals surface area contributed by atoms with Gasteiger partial charge < -0.3 is 9.64 Å². The minimum Gasteiger partial charge on any atom is -0.457 e. The molecule has 3 aromatic rings. The molecule has 1 saturated heterocycles. The minimum atomic E-state index is -0.300. The van der Waals surface area contributed by atoms with E-state index in [1.165, 1.54) is 12.1 Å². The smallest absolute Gasteiger partial charge is 0.338 e. The second-order valence-corrected chi connectivity index (χ2v) is 7.04. The fourth-order valence-electron chi connectivity index (χ4n) is 3.57. The first-order valence-electron chi connectivity index (χ1n) is 9.56. The monoisotopic (exact) mass is 375 g/mol. The molecule has 1 fully saturated rings. The molecule has 0 radical (unpaired) electrons. The predicted molar refractivity (Wildman–Crippen MR) is 109 cm³/mol. The second kappa shape index (κ2) is 8.26. The summed E-state index contributed by atoms with van der Waals surface area (Å²) in [6.45, 7) is 1.69. The third-order valence-corrected chi connectivity index (χ3v) is 5.07. The molecular weight excluding hydrogens is 353 g/mol. The number of halogens is 1. The molecule has 0 aliphatic carbocycles. The zero-order valence-electron chi connectivity index (χ0n) is 15.6. The average Bonchev–Trinajstić information content (AvgIpc) is 2.75. The van der Waals surface area contributed by atoms with Gasteiger partial charge in [-0.1, -0.05) is 42.5 Å². The molecule has 1 atom stereocenters. The molecule has 3 aromatic carbocycles. The van der Waals surface area contributed by atoms with Gasteiger partial charge in [0, 0.05) is 12.2 Å². The Morgan fingerprint density at radius 3 is 2.21 bits per heavy atom. The molecule has 0 N–H and O–H groups in total. The van der Waals surface area contributed by atoms with Gasteiger partial charge >= 0.3 is 5.97 Å². The highest BCUT2D eigenvalue weighted by molar-refractivity contribution is 5.90. The lowest BCUT2D eigenvalue weighted by Gasteiger charge is -2.34. The lowest BCUT2D eigenvalue weighted by Crippen LogP contribution is -2.40. The Hall–Kier alpha value is -3.14. The van der Waals surface area contributed by atoms with Crippen LogP contribution < -0.4 is 4.90 Å². The number of carbonyl (C=O) groups is 1. The number of hydrogen-bond acceptors (Lipinski definition) is 3. The number of rotatable bonds is 4. The molecule has 4 rings (SSSR count). The molecule has 28 heavy (non-hydrogen) atoms. The number of esters is 1. The molecule has 1 aliphatic heterocycles. The van der Waals surface area contributed by atoms with E-state index in [1.807, 2.05) is 30.3 Å². The first kappa shape index (κ1) is 18.2. The van der Waals surface area contributed by atoms with Crippen LogP contribution in [0.3, 0.4) is 0 Å². The van der Waals surface area contributed by atoms with Gasteiger partial charge in [0.15, 0.2) is 0 Å². The Morgan fingerprint density at radius 2 is 1.54 bits per heavy atom. The summed E-state index contributed by atoms with van der Waals surface area (Å²) in [5.41, 5.74) is 3.53. The standard InChI is InChI=1S/C24H22FNO2/c25-21-14-12-19(13-15-21)18-8-10-20(11-9-18)24(27)28-23-7-4-16-26(17-23)22-5-2-1-3-6-22/h1-3,5-6,8-15,23H,4,7,16-17H2. The van der Waals surface area contributed by atoms with Crippen LogP contribution in [0, 0.1) is 5.82 Å². The summed E-state index contributed by atoms with van der Waals surface area (Å²) in [6.07, 6.45) is 1.76. The van der Waals surface area contributed by atoms with Gasteiger partial charge in [0.1, 0.15) is 11.9 Å². The second-order valence-electron chi connectivity index (χ2n) is 7.04. The van der Waals surface area contributed by atoms with Crippen molar-refractivity contribution in [3.8, 4) is 11.1 Å². The molecule has 1 aliphatic rings. The van der Waals surface area contributed by atoms with Crippen LogP contribution in [0.2, 0.25) is 0 Å². The predicted octanol–water partition coefficient (Wildman–Crippen LogP) is 5.32. The highest BCUT2D eigenvalue weighted by atomic mass is 19.1. The van der Waals surface area contributed by atoms with E-state index < -0.39 is 0 Å². The molecule has 0 aromatic heterocycles. The largest absolute Gasteiger partial charge is 0.457 e. The van der Waals surface area contributed by atoms with E-state index in [9.17, 15) is 9.18 Å². The van der Waals surface area contributed by atoms with E-state index in [4.69, 9.17) is 4.74 Å². The molecule has 3 nitrogen and oxygen atoms in total. The highest BCUT2D eigenvalue weighted by Gasteiger charge is 2.23. The van der Waals surface area contributed by atoms with Crippen molar-refractivity contribution >= 4 is 11.7 Å². The topological polar surface area (TPSA) is 29.5 Å². The Bertz CT molecular complexity index is 923. The molecule has 4 heteroatoms. The van der Waals surface area contributed by atoms with Crippen LogP contribution >= 0.6 is 0 Å². The summed E-state index contributed by atoms with van der Waals surface area (Å²) in [5, 5.41) is 0. The van der Waals surface area contributed by atoms with E-state index in [-0.39, 0.29) is 17.9 Å². The molecular formula is C24H22FNO2. The van der Waals surface area contributed by atoms with Crippen molar-refractivity contribution in [1.29, 1.82) is 0 Å². The van der Waals surface area contributed by atoms with E-state index in [1.54, 1.807) is 24.3 Å². The maximum absolute atomic E-state index is 13.1. The van der Waals surface area contributed by atoms with Gasteiger partial charge in [-0.2, -0.15) is 0 Å². The van der Waals surface area contributed by atoms with Crippen molar-refractivity contribution in [1.82, 2.24) is 0 Å². The molecule has 142 valence electrons. The van der Waals surface area contributed by atoms with Crippen LogP contribution in [0.4, 0.5) is 10.1 Å². The maximum atomic E-state index is 13.1. The number of hydrogen-bond donors (Lipinski definition) is 0. The lowest BCUT2D eigenvalue weighted by atomic mass is 10.0. The summed E-state index contributed by atoms with van der Waals surface area (Å²) in [4.78, 5) is 14.8. The quantitative estimate of drug-likeness (QED) is 0.578. The minimum absolute atomic E-state index is 0.113. The fourth-order valence-corrected chi connectivity index (χ4v) is 3.57. The van der Waals surface area contributed by atoms with E-state index >= 15 is 0 Å². The zero-order valence-corrected chi connectivity index (χ0v) is 15.6. The van der Waals surface area contributed by atoms with E-state index in [2.05, 4.69) is 17.0 Å². The van der Waals surface area contributed by atoms with E-state index in [0.29, 0.717) is 12.1 Å². The van der Waals surface area contributed by atoms with Crippen LogP contribution in [0.1, 0.15) is 23.2 Å². The van der Waals surface area contributed by atoms with Crippen molar-refractivity contribution in [2.75, 3.05) is 18.0 Å². The number of benzene rings is 3.